The predicted molar refractivity (Wildman–Crippen MR) is 101 cm³/mol. The standard InChI is InChI=1S/C18H23N3O3S/c1-14(21(2)16-9-5-4-6-10-16)13-19-18(22)20-15-8-7-11-17(12-15)25(3,23)24/h4-12,14H,13H2,1-3H3,(H2,19,20,22)/t14-/m0/s1. The second-order valence-corrected chi connectivity index (χ2v) is 7.95. The van der Waals surface area contributed by atoms with Crippen molar-refractivity contribution < 1.29 is 13.2 Å². The van der Waals surface area contributed by atoms with Gasteiger partial charge in [-0.05, 0) is 37.3 Å². The molecule has 0 heterocycles. The van der Waals surface area contributed by atoms with Crippen LogP contribution in [0.2, 0.25) is 0 Å². The van der Waals surface area contributed by atoms with Gasteiger partial charge in [0, 0.05) is 37.3 Å². The van der Waals surface area contributed by atoms with E-state index in [0.717, 1.165) is 11.9 Å². The molecule has 2 aromatic rings. The number of hydrogen-bond donors (Lipinski definition) is 2. The average Bonchev–Trinajstić information content (AvgIpc) is 2.59. The normalized spacial score (nSPS) is 12.3. The van der Waals surface area contributed by atoms with Crippen LogP contribution in [0.25, 0.3) is 0 Å². The van der Waals surface area contributed by atoms with E-state index >= 15 is 0 Å². The molecule has 6 nitrogen and oxygen atoms in total. The van der Waals surface area contributed by atoms with Gasteiger partial charge < -0.3 is 15.5 Å². The molecule has 0 aromatic heterocycles. The fraction of sp³-hybridized carbons (Fsp3) is 0.278. The van der Waals surface area contributed by atoms with Crippen LogP contribution in [0.1, 0.15) is 6.92 Å². The van der Waals surface area contributed by atoms with E-state index in [9.17, 15) is 13.2 Å². The van der Waals surface area contributed by atoms with E-state index < -0.39 is 9.84 Å². The Balaban J connectivity index is 1.90. The molecule has 2 N–H and O–H groups in total. The predicted octanol–water partition coefficient (Wildman–Crippen LogP) is 2.74. The molecule has 1 atom stereocenters. The lowest BCUT2D eigenvalue weighted by Gasteiger charge is -2.27. The summed E-state index contributed by atoms with van der Waals surface area (Å²) in [6.07, 6.45) is 1.13. The van der Waals surface area contributed by atoms with Crippen LogP contribution in [0, 0.1) is 0 Å². The van der Waals surface area contributed by atoms with E-state index in [2.05, 4.69) is 15.5 Å². The van der Waals surface area contributed by atoms with Crippen molar-refractivity contribution in [2.75, 3.05) is 30.1 Å². The van der Waals surface area contributed by atoms with Crippen molar-refractivity contribution in [1.82, 2.24) is 5.32 Å². The quantitative estimate of drug-likeness (QED) is 0.829. The Bertz CT molecular complexity index is 822. The molecule has 0 fully saturated rings. The molecular weight excluding hydrogens is 338 g/mol. The second-order valence-electron chi connectivity index (χ2n) is 5.93. The number of anilines is 2. The van der Waals surface area contributed by atoms with E-state index in [-0.39, 0.29) is 17.0 Å². The molecule has 0 aliphatic heterocycles. The molecule has 134 valence electrons. The molecule has 0 unspecified atom stereocenters. The molecule has 2 rings (SSSR count). The lowest BCUT2D eigenvalue weighted by molar-refractivity contribution is 0.251. The number of carbonyl (C=O) groups excluding carboxylic acids is 1. The van der Waals surface area contributed by atoms with Gasteiger partial charge in [-0.3, -0.25) is 0 Å². The Morgan fingerprint density at radius 3 is 2.44 bits per heavy atom. The van der Waals surface area contributed by atoms with Gasteiger partial charge in [-0.25, -0.2) is 13.2 Å². The third-order valence-corrected chi connectivity index (χ3v) is 5.01. The largest absolute Gasteiger partial charge is 0.370 e. The van der Waals surface area contributed by atoms with Crippen molar-refractivity contribution >= 4 is 27.2 Å². The number of para-hydroxylation sites is 1. The number of likely N-dealkylation sites (N-methyl/N-ethyl adjacent to an activating group) is 1. The van der Waals surface area contributed by atoms with Crippen molar-refractivity contribution in [3.63, 3.8) is 0 Å². The zero-order valence-electron chi connectivity index (χ0n) is 14.6. The van der Waals surface area contributed by atoms with Gasteiger partial charge in [0.05, 0.1) is 4.90 Å². The molecule has 0 radical (unpaired) electrons. The van der Waals surface area contributed by atoms with Crippen molar-refractivity contribution in [1.29, 1.82) is 0 Å². The number of amides is 2. The van der Waals surface area contributed by atoms with E-state index in [1.54, 1.807) is 12.1 Å². The van der Waals surface area contributed by atoms with Crippen molar-refractivity contribution in [2.45, 2.75) is 17.9 Å². The van der Waals surface area contributed by atoms with E-state index in [1.165, 1.54) is 12.1 Å². The summed E-state index contributed by atoms with van der Waals surface area (Å²) < 4.78 is 23.1. The van der Waals surface area contributed by atoms with Gasteiger partial charge in [-0.2, -0.15) is 0 Å². The van der Waals surface area contributed by atoms with Crippen LogP contribution in [-0.2, 0) is 9.84 Å². The topological polar surface area (TPSA) is 78.5 Å². The summed E-state index contributed by atoms with van der Waals surface area (Å²) in [4.78, 5) is 14.3. The minimum absolute atomic E-state index is 0.0931. The van der Waals surface area contributed by atoms with Gasteiger partial charge in [0.25, 0.3) is 0 Å². The maximum atomic E-state index is 12.0. The summed E-state index contributed by atoms with van der Waals surface area (Å²) in [7, 11) is -1.34. The van der Waals surface area contributed by atoms with E-state index in [1.807, 2.05) is 44.3 Å². The average molecular weight is 361 g/mol. The van der Waals surface area contributed by atoms with Gasteiger partial charge in [0.2, 0.25) is 0 Å². The van der Waals surface area contributed by atoms with Crippen LogP contribution in [-0.4, -0.2) is 40.3 Å². The van der Waals surface area contributed by atoms with Gasteiger partial charge in [0.15, 0.2) is 9.84 Å². The molecule has 2 amide bonds. The number of benzene rings is 2. The highest BCUT2D eigenvalue weighted by atomic mass is 32.2. The molecule has 0 saturated carbocycles. The summed E-state index contributed by atoms with van der Waals surface area (Å²) in [6.45, 7) is 2.46. The van der Waals surface area contributed by atoms with Crippen LogP contribution in [0.3, 0.4) is 0 Å². The minimum Gasteiger partial charge on any atom is -0.370 e. The van der Waals surface area contributed by atoms with Gasteiger partial charge in [-0.1, -0.05) is 24.3 Å². The minimum atomic E-state index is -3.31. The molecule has 25 heavy (non-hydrogen) atoms. The second kappa shape index (κ2) is 8.02. The third kappa shape index (κ3) is 5.49. The summed E-state index contributed by atoms with van der Waals surface area (Å²) in [6, 6.07) is 15.8. The van der Waals surface area contributed by atoms with Crippen molar-refractivity contribution in [3.8, 4) is 0 Å². The first-order chi connectivity index (χ1) is 11.8. The molecular formula is C18H23N3O3S. The first kappa shape index (κ1) is 18.8. The highest BCUT2D eigenvalue weighted by Gasteiger charge is 2.12. The fourth-order valence-electron chi connectivity index (χ4n) is 2.27. The van der Waals surface area contributed by atoms with Crippen LogP contribution < -0.4 is 15.5 Å². The fourth-order valence-corrected chi connectivity index (χ4v) is 2.94. The van der Waals surface area contributed by atoms with Crippen LogP contribution in [0.15, 0.2) is 59.5 Å². The molecule has 0 aliphatic rings. The molecule has 0 aliphatic carbocycles. The Morgan fingerprint density at radius 2 is 1.80 bits per heavy atom. The summed E-state index contributed by atoms with van der Waals surface area (Å²) >= 11 is 0. The zero-order valence-corrected chi connectivity index (χ0v) is 15.4. The monoisotopic (exact) mass is 361 g/mol. The number of nitrogens with one attached hydrogen (secondary N) is 2. The highest BCUT2D eigenvalue weighted by Crippen LogP contribution is 2.15. The molecule has 0 bridgehead atoms. The Kier molecular flexibility index (Phi) is 6.03. The van der Waals surface area contributed by atoms with Crippen molar-refractivity contribution in [3.05, 3.63) is 54.6 Å². The van der Waals surface area contributed by atoms with Gasteiger partial charge in [-0.15, -0.1) is 0 Å². The highest BCUT2D eigenvalue weighted by molar-refractivity contribution is 7.90. The number of rotatable bonds is 6. The Morgan fingerprint density at radius 1 is 1.12 bits per heavy atom. The lowest BCUT2D eigenvalue weighted by Crippen LogP contribution is -2.41. The maximum absolute atomic E-state index is 12.0. The van der Waals surface area contributed by atoms with Crippen LogP contribution in [0.4, 0.5) is 16.2 Å². The van der Waals surface area contributed by atoms with Crippen LogP contribution >= 0.6 is 0 Å². The smallest absolute Gasteiger partial charge is 0.319 e. The SMILES string of the molecule is C[C@@H](CNC(=O)Nc1cccc(S(C)(=O)=O)c1)N(C)c1ccccc1. The van der Waals surface area contributed by atoms with Gasteiger partial charge in [0.1, 0.15) is 0 Å². The first-order valence-electron chi connectivity index (χ1n) is 7.90. The molecule has 7 heteroatoms. The number of urea groups is 1. The number of hydrogen-bond acceptors (Lipinski definition) is 4. The molecule has 0 saturated heterocycles. The Hall–Kier alpha value is -2.54. The lowest BCUT2D eigenvalue weighted by atomic mass is 10.2. The van der Waals surface area contributed by atoms with Crippen LogP contribution in [0.5, 0.6) is 0 Å². The Labute approximate surface area is 148 Å². The molecule has 0 spiro atoms. The first-order valence-corrected chi connectivity index (χ1v) is 9.79. The number of nitrogens with zero attached hydrogens (tertiary/aromatic N) is 1. The number of sulfone groups is 1. The molecule has 2 aromatic carbocycles. The summed E-state index contributed by atoms with van der Waals surface area (Å²) in [5, 5.41) is 5.45. The van der Waals surface area contributed by atoms with Gasteiger partial charge >= 0.3 is 6.03 Å². The zero-order chi connectivity index (χ0) is 18.4. The van der Waals surface area contributed by atoms with E-state index in [4.69, 9.17) is 0 Å². The van der Waals surface area contributed by atoms with E-state index in [0.29, 0.717) is 12.2 Å². The summed E-state index contributed by atoms with van der Waals surface area (Å²) in [5.74, 6) is 0. The maximum Gasteiger partial charge on any atom is 0.319 e. The van der Waals surface area contributed by atoms with Crippen molar-refractivity contribution in [2.24, 2.45) is 0 Å². The summed E-state index contributed by atoms with van der Waals surface area (Å²) in [5.41, 5.74) is 1.50. The third-order valence-electron chi connectivity index (χ3n) is 3.90. The number of carbonyl (C=O) groups is 1.